The van der Waals surface area contributed by atoms with Crippen LogP contribution in [-0.4, -0.2) is 16.5 Å². The van der Waals surface area contributed by atoms with E-state index < -0.39 is 0 Å². The van der Waals surface area contributed by atoms with Crippen LogP contribution in [0, 0.1) is 3.57 Å². The molecule has 1 aromatic carbocycles. The number of benzene rings is 1. The van der Waals surface area contributed by atoms with Crippen molar-refractivity contribution in [3.63, 3.8) is 0 Å². The molecule has 0 saturated carbocycles. The first-order valence-corrected chi connectivity index (χ1v) is 5.14. The molecular weight excluding hydrogens is 291 g/mol. The predicted octanol–water partition coefficient (Wildman–Crippen LogP) is 2.49. The van der Waals surface area contributed by atoms with E-state index in [0.717, 1.165) is 21.1 Å². The molecule has 0 spiro atoms. The van der Waals surface area contributed by atoms with Gasteiger partial charge in [-0.05, 0) is 28.7 Å². The van der Waals surface area contributed by atoms with Gasteiger partial charge in [0.2, 0.25) is 0 Å². The summed E-state index contributed by atoms with van der Waals surface area (Å²) in [5.74, 6) is 0. The van der Waals surface area contributed by atoms with Gasteiger partial charge in [-0.1, -0.05) is 18.2 Å². The van der Waals surface area contributed by atoms with Gasteiger partial charge in [0.05, 0.1) is 17.5 Å². The van der Waals surface area contributed by atoms with Crippen molar-refractivity contribution < 1.29 is 4.79 Å². The van der Waals surface area contributed by atoms with Crippen LogP contribution >= 0.6 is 22.6 Å². The summed E-state index contributed by atoms with van der Waals surface area (Å²) in [6, 6.07) is 7.85. The van der Waals surface area contributed by atoms with Crippen molar-refractivity contribution in [3.05, 3.63) is 39.6 Å². The summed E-state index contributed by atoms with van der Waals surface area (Å²) < 4.78 is 1.09. The molecule has 0 radical (unpaired) electrons. The summed E-state index contributed by atoms with van der Waals surface area (Å²) in [6.07, 6.45) is 2.34. The summed E-state index contributed by atoms with van der Waals surface area (Å²) in [6.45, 7) is 0. The number of aromatic nitrogens is 2. The second-order valence-electron chi connectivity index (χ2n) is 2.80. The molecule has 0 aliphatic rings. The zero-order chi connectivity index (χ0) is 9.97. The Morgan fingerprint density at radius 3 is 2.86 bits per heavy atom. The smallest absolute Gasteiger partial charge is 0.153 e. The van der Waals surface area contributed by atoms with Crippen molar-refractivity contribution in [3.8, 4) is 11.3 Å². The highest BCUT2D eigenvalue weighted by molar-refractivity contribution is 14.1. The summed E-state index contributed by atoms with van der Waals surface area (Å²) in [5.41, 5.74) is 2.38. The first-order valence-electron chi connectivity index (χ1n) is 4.06. The third-order valence-electron chi connectivity index (χ3n) is 1.94. The van der Waals surface area contributed by atoms with Gasteiger partial charge in [-0.2, -0.15) is 5.10 Å². The molecule has 3 nitrogen and oxygen atoms in total. The Hall–Kier alpha value is -1.17. The number of rotatable bonds is 2. The molecule has 0 amide bonds. The Bertz CT molecular complexity index is 465. The monoisotopic (exact) mass is 298 g/mol. The van der Waals surface area contributed by atoms with Gasteiger partial charge in [-0.25, -0.2) is 0 Å². The maximum absolute atomic E-state index is 10.7. The van der Waals surface area contributed by atoms with E-state index in [1.165, 1.54) is 6.20 Å². The Kier molecular flexibility index (Phi) is 2.62. The molecule has 70 valence electrons. The number of nitrogens with one attached hydrogen (secondary N) is 1. The summed E-state index contributed by atoms with van der Waals surface area (Å²) >= 11 is 2.23. The molecule has 2 rings (SSSR count). The minimum atomic E-state index is 0.592. The molecule has 0 saturated heterocycles. The second-order valence-corrected chi connectivity index (χ2v) is 3.96. The van der Waals surface area contributed by atoms with E-state index in [0.29, 0.717) is 5.56 Å². The van der Waals surface area contributed by atoms with Crippen LogP contribution in [0.4, 0.5) is 0 Å². The maximum atomic E-state index is 10.7. The van der Waals surface area contributed by atoms with E-state index in [-0.39, 0.29) is 0 Å². The largest absolute Gasteiger partial charge is 0.298 e. The van der Waals surface area contributed by atoms with Crippen LogP contribution in [0.1, 0.15) is 10.4 Å². The van der Waals surface area contributed by atoms with Gasteiger partial charge >= 0.3 is 0 Å². The van der Waals surface area contributed by atoms with Crippen molar-refractivity contribution in [1.29, 1.82) is 0 Å². The number of nitrogens with zero attached hydrogens (tertiary/aromatic N) is 1. The molecule has 0 unspecified atom stereocenters. The van der Waals surface area contributed by atoms with E-state index in [4.69, 9.17) is 0 Å². The number of aldehydes is 1. The quantitative estimate of drug-likeness (QED) is 0.684. The molecule has 0 aliphatic heterocycles. The fraction of sp³-hybridized carbons (Fsp3) is 0. The number of halogens is 1. The van der Waals surface area contributed by atoms with Crippen LogP contribution in [0.2, 0.25) is 0 Å². The fourth-order valence-corrected chi connectivity index (χ4v) is 1.92. The molecule has 2 aromatic rings. The lowest BCUT2D eigenvalue weighted by atomic mass is 10.1. The molecule has 0 atom stereocenters. The van der Waals surface area contributed by atoms with Crippen molar-refractivity contribution in [1.82, 2.24) is 10.2 Å². The maximum Gasteiger partial charge on any atom is 0.153 e. The first-order chi connectivity index (χ1) is 6.83. The number of aromatic amines is 1. The molecule has 0 fully saturated rings. The average Bonchev–Trinajstić information content (AvgIpc) is 2.66. The Balaban J connectivity index is 2.60. The molecule has 1 heterocycles. The number of hydrogen-bond acceptors (Lipinski definition) is 2. The minimum absolute atomic E-state index is 0.592. The van der Waals surface area contributed by atoms with Crippen LogP contribution in [0.3, 0.4) is 0 Å². The SMILES string of the molecule is O=Cc1cn[nH]c1-c1ccccc1I. The topological polar surface area (TPSA) is 45.8 Å². The van der Waals surface area contributed by atoms with Crippen molar-refractivity contribution >= 4 is 28.9 Å². The first kappa shape index (κ1) is 9.39. The summed E-state index contributed by atoms with van der Waals surface area (Å²) in [7, 11) is 0. The van der Waals surface area contributed by atoms with Gasteiger partial charge in [0, 0.05) is 9.13 Å². The second kappa shape index (κ2) is 3.91. The zero-order valence-electron chi connectivity index (χ0n) is 7.20. The number of H-pyrrole nitrogens is 1. The highest BCUT2D eigenvalue weighted by Gasteiger charge is 2.08. The van der Waals surface area contributed by atoms with E-state index in [9.17, 15) is 4.79 Å². The van der Waals surface area contributed by atoms with Crippen molar-refractivity contribution in [2.75, 3.05) is 0 Å². The molecule has 14 heavy (non-hydrogen) atoms. The van der Waals surface area contributed by atoms with Crippen LogP contribution in [-0.2, 0) is 0 Å². The van der Waals surface area contributed by atoms with Crippen LogP contribution in [0.15, 0.2) is 30.5 Å². The lowest BCUT2D eigenvalue weighted by Gasteiger charge is -2.01. The lowest BCUT2D eigenvalue weighted by molar-refractivity contribution is 0.112. The third kappa shape index (κ3) is 1.57. The summed E-state index contributed by atoms with van der Waals surface area (Å²) in [4.78, 5) is 10.7. The van der Waals surface area contributed by atoms with E-state index in [2.05, 4.69) is 32.8 Å². The molecule has 0 bridgehead atoms. The number of hydrogen-bond donors (Lipinski definition) is 1. The Morgan fingerprint density at radius 2 is 2.14 bits per heavy atom. The molecular formula is C10H7IN2O. The van der Waals surface area contributed by atoms with Gasteiger partial charge in [-0.15, -0.1) is 0 Å². The normalized spacial score (nSPS) is 10.1. The Labute approximate surface area is 94.7 Å². The molecule has 4 heteroatoms. The molecule has 1 aromatic heterocycles. The van der Waals surface area contributed by atoms with Gasteiger partial charge in [0.15, 0.2) is 6.29 Å². The van der Waals surface area contributed by atoms with Crippen molar-refractivity contribution in [2.45, 2.75) is 0 Å². The van der Waals surface area contributed by atoms with Gasteiger partial charge in [0.25, 0.3) is 0 Å². The highest BCUT2D eigenvalue weighted by Crippen LogP contribution is 2.24. The lowest BCUT2D eigenvalue weighted by Crippen LogP contribution is -1.86. The zero-order valence-corrected chi connectivity index (χ0v) is 9.36. The number of carbonyl (C=O) groups excluding carboxylic acids is 1. The van der Waals surface area contributed by atoms with E-state index >= 15 is 0 Å². The van der Waals surface area contributed by atoms with E-state index in [1.54, 1.807) is 0 Å². The minimum Gasteiger partial charge on any atom is -0.298 e. The Morgan fingerprint density at radius 1 is 1.36 bits per heavy atom. The highest BCUT2D eigenvalue weighted by atomic mass is 127. The molecule has 1 N–H and O–H groups in total. The standard InChI is InChI=1S/C10H7IN2O/c11-9-4-2-1-3-8(9)10-7(6-14)5-12-13-10/h1-6H,(H,12,13). The van der Waals surface area contributed by atoms with Crippen LogP contribution in [0.5, 0.6) is 0 Å². The number of carbonyl (C=O) groups is 1. The summed E-state index contributed by atoms with van der Waals surface area (Å²) in [5, 5.41) is 6.68. The van der Waals surface area contributed by atoms with Crippen molar-refractivity contribution in [2.24, 2.45) is 0 Å². The van der Waals surface area contributed by atoms with Crippen LogP contribution in [0.25, 0.3) is 11.3 Å². The van der Waals surface area contributed by atoms with E-state index in [1.807, 2.05) is 24.3 Å². The fourth-order valence-electron chi connectivity index (χ4n) is 1.26. The van der Waals surface area contributed by atoms with Gasteiger partial charge in [-0.3, -0.25) is 9.89 Å². The average molecular weight is 298 g/mol. The van der Waals surface area contributed by atoms with Crippen LogP contribution < -0.4 is 0 Å². The van der Waals surface area contributed by atoms with Gasteiger partial charge < -0.3 is 0 Å². The predicted molar refractivity (Wildman–Crippen MR) is 62.1 cm³/mol. The third-order valence-corrected chi connectivity index (χ3v) is 2.88. The molecule has 0 aliphatic carbocycles. The van der Waals surface area contributed by atoms with Gasteiger partial charge in [0.1, 0.15) is 0 Å².